The minimum Gasteiger partial charge on any atom is -0.409 e. The van der Waals surface area contributed by atoms with Crippen LogP contribution in [-0.2, 0) is 13.5 Å². The summed E-state index contributed by atoms with van der Waals surface area (Å²) in [5, 5.41) is 16.5. The summed E-state index contributed by atoms with van der Waals surface area (Å²) in [5.74, 6) is 0.956. The third kappa shape index (κ3) is 1.72. The molecule has 0 unspecified atom stereocenters. The standard InChI is InChI=1S/C14H17N5O/c1-9-12(13(15)17-20)14(18(2)16-9)19-8-7-10-5-3-4-6-11(10)19/h3-6,20H,7-8H2,1-2H3,(H2,15,17). The molecule has 0 fully saturated rings. The van der Waals surface area contributed by atoms with Crippen molar-refractivity contribution in [1.29, 1.82) is 0 Å². The number of aryl methyl sites for hydroxylation is 2. The van der Waals surface area contributed by atoms with Crippen molar-refractivity contribution in [3.8, 4) is 0 Å². The van der Waals surface area contributed by atoms with E-state index in [1.165, 1.54) is 5.56 Å². The van der Waals surface area contributed by atoms with Gasteiger partial charge in [-0.1, -0.05) is 23.4 Å². The number of hydrogen-bond donors (Lipinski definition) is 2. The number of oxime groups is 1. The first-order chi connectivity index (χ1) is 9.63. The summed E-state index contributed by atoms with van der Waals surface area (Å²) in [6, 6.07) is 8.27. The van der Waals surface area contributed by atoms with E-state index in [0.717, 1.165) is 30.2 Å². The van der Waals surface area contributed by atoms with Crippen LogP contribution in [0.15, 0.2) is 29.4 Å². The van der Waals surface area contributed by atoms with Crippen LogP contribution in [0.4, 0.5) is 11.5 Å². The molecule has 0 saturated carbocycles. The molecular weight excluding hydrogens is 254 g/mol. The van der Waals surface area contributed by atoms with Crippen molar-refractivity contribution in [2.24, 2.45) is 17.9 Å². The van der Waals surface area contributed by atoms with Gasteiger partial charge in [0.25, 0.3) is 0 Å². The molecule has 0 radical (unpaired) electrons. The van der Waals surface area contributed by atoms with Crippen LogP contribution in [-0.4, -0.2) is 27.4 Å². The van der Waals surface area contributed by atoms with Crippen LogP contribution in [0.1, 0.15) is 16.8 Å². The molecule has 104 valence electrons. The fourth-order valence-electron chi connectivity index (χ4n) is 2.86. The summed E-state index contributed by atoms with van der Waals surface area (Å²) in [6.07, 6.45) is 0.982. The lowest BCUT2D eigenvalue weighted by molar-refractivity contribution is 0.318. The van der Waals surface area contributed by atoms with Crippen LogP contribution in [0, 0.1) is 6.92 Å². The van der Waals surface area contributed by atoms with Gasteiger partial charge in [-0.25, -0.2) is 0 Å². The summed E-state index contributed by atoms with van der Waals surface area (Å²) in [4.78, 5) is 2.17. The van der Waals surface area contributed by atoms with Crippen LogP contribution in [0.2, 0.25) is 0 Å². The van der Waals surface area contributed by atoms with E-state index in [-0.39, 0.29) is 5.84 Å². The highest BCUT2D eigenvalue weighted by Gasteiger charge is 2.27. The zero-order valence-electron chi connectivity index (χ0n) is 11.5. The minimum absolute atomic E-state index is 0.0926. The number of fused-ring (bicyclic) bond motifs is 1. The highest BCUT2D eigenvalue weighted by atomic mass is 16.4. The molecule has 1 aromatic carbocycles. The van der Waals surface area contributed by atoms with E-state index < -0.39 is 0 Å². The Balaban J connectivity index is 2.17. The quantitative estimate of drug-likeness (QED) is 0.375. The van der Waals surface area contributed by atoms with E-state index in [2.05, 4.69) is 27.3 Å². The average Bonchev–Trinajstić information content (AvgIpc) is 2.98. The normalized spacial score (nSPS) is 14.7. The number of anilines is 2. The second kappa shape index (κ2) is 4.56. The van der Waals surface area contributed by atoms with Crippen LogP contribution in [0.5, 0.6) is 0 Å². The first kappa shape index (κ1) is 12.5. The molecular formula is C14H17N5O. The molecule has 20 heavy (non-hydrogen) atoms. The van der Waals surface area contributed by atoms with Crippen LogP contribution >= 0.6 is 0 Å². The Kier molecular flexibility index (Phi) is 2.85. The monoisotopic (exact) mass is 271 g/mol. The van der Waals surface area contributed by atoms with Crippen molar-refractivity contribution in [3.05, 3.63) is 41.1 Å². The van der Waals surface area contributed by atoms with Gasteiger partial charge in [0.1, 0.15) is 5.82 Å². The van der Waals surface area contributed by atoms with Crippen molar-refractivity contribution in [1.82, 2.24) is 9.78 Å². The number of nitrogens with two attached hydrogens (primary N) is 1. The van der Waals surface area contributed by atoms with Crippen molar-refractivity contribution in [2.45, 2.75) is 13.3 Å². The number of amidine groups is 1. The van der Waals surface area contributed by atoms with Gasteiger partial charge in [0.15, 0.2) is 5.84 Å². The molecule has 6 nitrogen and oxygen atoms in total. The first-order valence-electron chi connectivity index (χ1n) is 6.50. The summed E-state index contributed by atoms with van der Waals surface area (Å²) in [6.45, 7) is 2.73. The van der Waals surface area contributed by atoms with Gasteiger partial charge in [0.2, 0.25) is 0 Å². The van der Waals surface area contributed by atoms with Gasteiger partial charge in [-0.2, -0.15) is 5.10 Å². The molecule has 3 rings (SSSR count). The predicted octanol–water partition coefficient (Wildman–Crippen LogP) is 1.52. The Morgan fingerprint density at radius 1 is 1.40 bits per heavy atom. The highest BCUT2D eigenvalue weighted by molar-refractivity contribution is 6.03. The molecule has 0 atom stereocenters. The molecule has 6 heteroatoms. The molecule has 0 spiro atoms. The first-order valence-corrected chi connectivity index (χ1v) is 6.50. The van der Waals surface area contributed by atoms with Crippen molar-refractivity contribution in [3.63, 3.8) is 0 Å². The maximum Gasteiger partial charge on any atom is 0.175 e. The van der Waals surface area contributed by atoms with Crippen LogP contribution in [0.25, 0.3) is 0 Å². The maximum atomic E-state index is 8.99. The fourth-order valence-corrected chi connectivity index (χ4v) is 2.86. The van der Waals surface area contributed by atoms with E-state index in [1.54, 1.807) is 4.68 Å². The summed E-state index contributed by atoms with van der Waals surface area (Å²) in [5.41, 5.74) is 9.71. The Morgan fingerprint density at radius 2 is 2.15 bits per heavy atom. The highest BCUT2D eigenvalue weighted by Crippen LogP contribution is 2.36. The maximum absolute atomic E-state index is 8.99. The van der Waals surface area contributed by atoms with Crippen molar-refractivity contribution >= 4 is 17.3 Å². The largest absolute Gasteiger partial charge is 0.409 e. The number of aromatic nitrogens is 2. The summed E-state index contributed by atoms with van der Waals surface area (Å²) in [7, 11) is 1.87. The molecule has 1 aliphatic heterocycles. The summed E-state index contributed by atoms with van der Waals surface area (Å²) >= 11 is 0. The second-order valence-electron chi connectivity index (χ2n) is 4.92. The van der Waals surface area contributed by atoms with E-state index in [9.17, 15) is 0 Å². The zero-order chi connectivity index (χ0) is 14.3. The summed E-state index contributed by atoms with van der Waals surface area (Å²) < 4.78 is 1.78. The molecule has 2 heterocycles. The Hall–Kier alpha value is -2.50. The Bertz CT molecular complexity index is 689. The van der Waals surface area contributed by atoms with E-state index in [4.69, 9.17) is 10.9 Å². The zero-order valence-corrected chi connectivity index (χ0v) is 11.5. The molecule has 0 bridgehead atoms. The van der Waals surface area contributed by atoms with Gasteiger partial charge < -0.3 is 15.8 Å². The molecule has 0 aliphatic carbocycles. The molecule has 1 aliphatic rings. The number of rotatable bonds is 2. The molecule has 2 aromatic rings. The Labute approximate surface area is 117 Å². The van der Waals surface area contributed by atoms with Crippen molar-refractivity contribution in [2.75, 3.05) is 11.4 Å². The molecule has 1 aromatic heterocycles. The molecule has 0 amide bonds. The smallest absolute Gasteiger partial charge is 0.175 e. The number of para-hydroxylation sites is 1. The number of hydrogen-bond acceptors (Lipinski definition) is 4. The predicted molar refractivity (Wildman–Crippen MR) is 77.6 cm³/mol. The third-order valence-electron chi connectivity index (χ3n) is 3.70. The van der Waals surface area contributed by atoms with Crippen LogP contribution in [0.3, 0.4) is 0 Å². The third-order valence-corrected chi connectivity index (χ3v) is 3.70. The molecule has 0 saturated heterocycles. The van der Waals surface area contributed by atoms with Gasteiger partial charge in [-0.15, -0.1) is 0 Å². The molecule has 3 N–H and O–H groups in total. The van der Waals surface area contributed by atoms with Gasteiger partial charge in [-0.05, 0) is 25.0 Å². The SMILES string of the molecule is Cc1nn(C)c(N2CCc3ccccc32)c1C(N)=NO. The van der Waals surface area contributed by atoms with E-state index in [0.29, 0.717) is 5.56 Å². The number of nitrogens with zero attached hydrogens (tertiary/aromatic N) is 4. The average molecular weight is 271 g/mol. The van der Waals surface area contributed by atoms with Gasteiger partial charge in [0, 0.05) is 19.3 Å². The van der Waals surface area contributed by atoms with Crippen LogP contribution < -0.4 is 10.6 Å². The van der Waals surface area contributed by atoms with E-state index >= 15 is 0 Å². The van der Waals surface area contributed by atoms with Gasteiger partial charge in [0.05, 0.1) is 11.3 Å². The second-order valence-corrected chi connectivity index (χ2v) is 4.92. The lowest BCUT2D eigenvalue weighted by Gasteiger charge is -2.21. The fraction of sp³-hybridized carbons (Fsp3) is 0.286. The number of benzene rings is 1. The van der Waals surface area contributed by atoms with E-state index in [1.807, 2.05) is 26.1 Å². The topological polar surface area (TPSA) is 79.7 Å². The minimum atomic E-state index is 0.0926. The lowest BCUT2D eigenvalue weighted by Crippen LogP contribution is -2.22. The van der Waals surface area contributed by atoms with Crippen molar-refractivity contribution < 1.29 is 5.21 Å². The lowest BCUT2D eigenvalue weighted by atomic mass is 10.1. The van der Waals surface area contributed by atoms with Gasteiger partial charge >= 0.3 is 0 Å². The van der Waals surface area contributed by atoms with Gasteiger partial charge in [-0.3, -0.25) is 4.68 Å². The Morgan fingerprint density at radius 3 is 2.90 bits per heavy atom.